The molecule has 1 atom stereocenters. The molecule has 1 aliphatic carbocycles. The van der Waals surface area contributed by atoms with E-state index in [4.69, 9.17) is 4.74 Å². The zero-order chi connectivity index (χ0) is 13.4. The molecule has 0 radical (unpaired) electrons. The molecule has 0 aliphatic heterocycles. The molecule has 98 valence electrons. The van der Waals surface area contributed by atoms with Crippen molar-refractivity contribution in [3.05, 3.63) is 44.3 Å². The molecule has 0 spiro atoms. The predicted molar refractivity (Wildman–Crippen MR) is 78.2 cm³/mol. The summed E-state index contributed by atoms with van der Waals surface area (Å²) in [5.41, 5.74) is 2.10. The summed E-state index contributed by atoms with van der Waals surface area (Å²) >= 11 is 4.79. The van der Waals surface area contributed by atoms with Crippen molar-refractivity contribution in [1.29, 1.82) is 0 Å². The van der Waals surface area contributed by atoms with Crippen molar-refractivity contribution in [2.24, 2.45) is 0 Å². The first-order valence-electron chi connectivity index (χ1n) is 5.99. The summed E-state index contributed by atoms with van der Waals surface area (Å²) in [4.78, 5) is 17.3. The number of nitrogens with zero attached hydrogens (tertiary/aromatic N) is 1. The molecule has 0 saturated heterocycles. The molecule has 0 bridgehead atoms. The molecule has 1 heterocycles. The lowest BCUT2D eigenvalue weighted by Gasteiger charge is -2.20. The van der Waals surface area contributed by atoms with E-state index < -0.39 is 0 Å². The van der Waals surface area contributed by atoms with Gasteiger partial charge in [0.15, 0.2) is 9.70 Å². The summed E-state index contributed by atoms with van der Waals surface area (Å²) in [6.07, 6.45) is 1.39. The van der Waals surface area contributed by atoms with Gasteiger partial charge in [-0.1, -0.05) is 12.1 Å². The Morgan fingerprint density at radius 1 is 1.32 bits per heavy atom. The van der Waals surface area contributed by atoms with Gasteiger partial charge in [0.1, 0.15) is 5.75 Å². The normalized spacial score (nSPS) is 18.2. The number of methoxy groups -OCH3 is 1. The molecule has 19 heavy (non-hydrogen) atoms. The highest BCUT2D eigenvalue weighted by Crippen LogP contribution is 2.36. The van der Waals surface area contributed by atoms with Gasteiger partial charge in [-0.25, -0.2) is 4.98 Å². The molecule has 2 aromatic rings. The van der Waals surface area contributed by atoms with Gasteiger partial charge >= 0.3 is 0 Å². The van der Waals surface area contributed by atoms with E-state index in [0.717, 1.165) is 26.7 Å². The fourth-order valence-electron chi connectivity index (χ4n) is 2.41. The number of carbonyl (C=O) groups excluding carboxylic acids is 1. The van der Waals surface area contributed by atoms with E-state index in [1.165, 1.54) is 16.9 Å². The van der Waals surface area contributed by atoms with Crippen LogP contribution in [0, 0.1) is 0 Å². The van der Waals surface area contributed by atoms with Crippen molar-refractivity contribution >= 4 is 33.0 Å². The van der Waals surface area contributed by atoms with Crippen molar-refractivity contribution in [1.82, 2.24) is 4.98 Å². The van der Waals surface area contributed by atoms with E-state index in [0.29, 0.717) is 6.42 Å². The van der Waals surface area contributed by atoms with Crippen molar-refractivity contribution < 1.29 is 9.53 Å². The molecule has 5 heteroatoms. The Bertz CT molecular complexity index is 621. The zero-order valence-electron chi connectivity index (χ0n) is 10.4. The van der Waals surface area contributed by atoms with Gasteiger partial charge in [0.2, 0.25) is 0 Å². The standard InChI is InChI=1S/C14H12BrNO2S/c1-18-10-4-2-8(3-5-10)9-6-11-13(12(17)7-9)19-14(15)16-11/h2-5,9H,6-7H2,1H3/t9-/m0/s1. The highest BCUT2D eigenvalue weighted by molar-refractivity contribution is 9.11. The van der Waals surface area contributed by atoms with E-state index in [1.807, 2.05) is 24.3 Å². The summed E-state index contributed by atoms with van der Waals surface area (Å²) in [6, 6.07) is 7.94. The lowest BCUT2D eigenvalue weighted by Crippen LogP contribution is -2.17. The quantitative estimate of drug-likeness (QED) is 0.835. The number of hydrogen-bond acceptors (Lipinski definition) is 4. The van der Waals surface area contributed by atoms with Crippen LogP contribution in [0.25, 0.3) is 0 Å². The smallest absolute Gasteiger partial charge is 0.175 e. The highest BCUT2D eigenvalue weighted by atomic mass is 79.9. The molecular weight excluding hydrogens is 326 g/mol. The highest BCUT2D eigenvalue weighted by Gasteiger charge is 2.29. The third kappa shape index (κ3) is 2.44. The average molecular weight is 338 g/mol. The summed E-state index contributed by atoms with van der Waals surface area (Å²) in [7, 11) is 1.65. The molecular formula is C14H12BrNO2S. The molecule has 3 rings (SSSR count). The Hall–Kier alpha value is -1.20. The number of Topliss-reactive ketones (excluding diaryl/α,β-unsaturated/α-hetero) is 1. The fraction of sp³-hybridized carbons (Fsp3) is 0.286. The molecule has 3 nitrogen and oxygen atoms in total. The maximum absolute atomic E-state index is 12.1. The van der Waals surface area contributed by atoms with Gasteiger partial charge in [-0.3, -0.25) is 4.79 Å². The second-order valence-electron chi connectivity index (χ2n) is 4.54. The first kappa shape index (κ1) is 12.8. The van der Waals surface area contributed by atoms with Crippen LogP contribution in [0.2, 0.25) is 0 Å². The van der Waals surface area contributed by atoms with Crippen molar-refractivity contribution in [3.8, 4) is 5.75 Å². The monoisotopic (exact) mass is 337 g/mol. The number of ketones is 1. The van der Waals surface area contributed by atoms with Crippen LogP contribution in [0.1, 0.15) is 33.3 Å². The number of halogens is 1. The van der Waals surface area contributed by atoms with E-state index in [-0.39, 0.29) is 11.7 Å². The Labute approximate surface area is 123 Å². The number of hydrogen-bond donors (Lipinski definition) is 0. The average Bonchev–Trinajstić information content (AvgIpc) is 2.80. The van der Waals surface area contributed by atoms with Crippen LogP contribution >= 0.6 is 27.3 Å². The Kier molecular flexibility index (Phi) is 3.41. The lowest BCUT2D eigenvalue weighted by molar-refractivity contribution is 0.0968. The molecule has 0 amide bonds. The maximum Gasteiger partial charge on any atom is 0.175 e. The molecule has 0 N–H and O–H groups in total. The Balaban J connectivity index is 1.89. The van der Waals surface area contributed by atoms with Crippen LogP contribution in [0.3, 0.4) is 0 Å². The summed E-state index contributed by atoms with van der Waals surface area (Å²) in [6.45, 7) is 0. The molecule has 0 saturated carbocycles. The Morgan fingerprint density at radius 3 is 2.74 bits per heavy atom. The molecule has 1 aromatic heterocycles. The summed E-state index contributed by atoms with van der Waals surface area (Å²) < 4.78 is 5.95. The molecule has 0 unspecified atom stereocenters. The van der Waals surface area contributed by atoms with Gasteiger partial charge in [0.25, 0.3) is 0 Å². The molecule has 0 fully saturated rings. The number of aromatic nitrogens is 1. The van der Waals surface area contributed by atoms with E-state index in [1.54, 1.807) is 7.11 Å². The molecule has 1 aromatic carbocycles. The number of rotatable bonds is 2. The summed E-state index contributed by atoms with van der Waals surface area (Å²) in [5, 5.41) is 0. The minimum Gasteiger partial charge on any atom is -0.497 e. The van der Waals surface area contributed by atoms with Crippen LogP contribution in [0.5, 0.6) is 5.75 Å². The van der Waals surface area contributed by atoms with Gasteiger partial charge in [-0.15, -0.1) is 11.3 Å². The van der Waals surface area contributed by atoms with Crippen LogP contribution in [0.4, 0.5) is 0 Å². The maximum atomic E-state index is 12.1. The van der Waals surface area contributed by atoms with Gasteiger partial charge in [0.05, 0.1) is 17.7 Å². The van der Waals surface area contributed by atoms with Gasteiger partial charge in [-0.05, 0) is 46.0 Å². The minimum absolute atomic E-state index is 0.199. The number of carbonyl (C=O) groups is 1. The van der Waals surface area contributed by atoms with Crippen molar-refractivity contribution in [2.45, 2.75) is 18.8 Å². The molecule has 1 aliphatic rings. The lowest BCUT2D eigenvalue weighted by atomic mass is 9.84. The largest absolute Gasteiger partial charge is 0.497 e. The number of ether oxygens (including phenoxy) is 1. The summed E-state index contributed by atoms with van der Waals surface area (Å²) in [5.74, 6) is 1.26. The third-order valence-electron chi connectivity index (χ3n) is 3.38. The third-order valence-corrected chi connectivity index (χ3v) is 4.97. The fourth-order valence-corrected chi connectivity index (χ4v) is 3.88. The second kappa shape index (κ2) is 5.06. The number of thiazole rings is 1. The topological polar surface area (TPSA) is 39.2 Å². The first-order chi connectivity index (χ1) is 9.17. The second-order valence-corrected chi connectivity index (χ2v) is 6.82. The van der Waals surface area contributed by atoms with Crippen LogP contribution < -0.4 is 4.74 Å². The van der Waals surface area contributed by atoms with Crippen molar-refractivity contribution in [2.75, 3.05) is 7.11 Å². The van der Waals surface area contributed by atoms with E-state index in [9.17, 15) is 4.79 Å². The van der Waals surface area contributed by atoms with Crippen LogP contribution in [-0.4, -0.2) is 17.9 Å². The first-order valence-corrected chi connectivity index (χ1v) is 7.60. The van der Waals surface area contributed by atoms with E-state index in [2.05, 4.69) is 20.9 Å². The minimum atomic E-state index is 0.199. The number of fused-ring (bicyclic) bond motifs is 1. The van der Waals surface area contributed by atoms with E-state index >= 15 is 0 Å². The predicted octanol–water partition coefficient (Wildman–Crippen LogP) is 3.83. The van der Waals surface area contributed by atoms with Crippen LogP contribution in [0.15, 0.2) is 28.2 Å². The van der Waals surface area contributed by atoms with Gasteiger partial charge in [0, 0.05) is 6.42 Å². The van der Waals surface area contributed by atoms with Gasteiger partial charge < -0.3 is 4.74 Å². The van der Waals surface area contributed by atoms with Crippen molar-refractivity contribution in [3.63, 3.8) is 0 Å². The SMILES string of the molecule is COc1ccc([C@@H]2CC(=O)c3sc(Br)nc3C2)cc1. The zero-order valence-corrected chi connectivity index (χ0v) is 12.8. The number of benzene rings is 1. The Morgan fingerprint density at radius 2 is 2.05 bits per heavy atom. The van der Waals surface area contributed by atoms with Gasteiger partial charge in [-0.2, -0.15) is 0 Å². The van der Waals surface area contributed by atoms with Crippen LogP contribution in [-0.2, 0) is 6.42 Å².